The lowest BCUT2D eigenvalue weighted by molar-refractivity contribution is 0.0791. The third-order valence-corrected chi connectivity index (χ3v) is 14.4. The largest absolute Gasteiger partial charge is 0.408 e. The Labute approximate surface area is 190 Å². The van der Waals surface area contributed by atoms with Crippen LogP contribution in [0.25, 0.3) is 0 Å². The lowest BCUT2D eigenvalue weighted by Gasteiger charge is -2.45. The van der Waals surface area contributed by atoms with Gasteiger partial charge in [-0.15, -0.1) is 0 Å². The molecule has 3 aliphatic carbocycles. The Morgan fingerprint density at radius 2 is 1.97 bits per heavy atom. The van der Waals surface area contributed by atoms with Gasteiger partial charge in [0.25, 0.3) is 0 Å². The monoisotopic (exact) mass is 480 g/mol. The molecule has 166 valence electrons. The van der Waals surface area contributed by atoms with E-state index in [9.17, 15) is 0 Å². The van der Waals surface area contributed by atoms with Crippen molar-refractivity contribution in [3.05, 3.63) is 22.7 Å². The van der Waals surface area contributed by atoms with E-state index in [0.717, 1.165) is 17.8 Å². The molecule has 0 aliphatic heterocycles. The summed E-state index contributed by atoms with van der Waals surface area (Å²) in [5, 5.41) is 0.268. The van der Waals surface area contributed by atoms with Crippen LogP contribution in [-0.2, 0) is 4.43 Å². The summed E-state index contributed by atoms with van der Waals surface area (Å²) in [6.45, 7) is 19.3. The molecule has 1 nitrogen and oxygen atoms in total. The summed E-state index contributed by atoms with van der Waals surface area (Å²) >= 11 is 3.67. The first-order valence-corrected chi connectivity index (χ1v) is 15.8. The molecule has 29 heavy (non-hydrogen) atoms. The van der Waals surface area contributed by atoms with E-state index < -0.39 is 8.32 Å². The minimum absolute atomic E-state index is 0.0633. The fraction of sp³-hybridized carbons (Fsp3) is 0.846. The summed E-state index contributed by atoms with van der Waals surface area (Å²) in [5.41, 5.74) is 2.14. The van der Waals surface area contributed by atoms with Crippen molar-refractivity contribution in [2.24, 2.45) is 29.1 Å². The molecule has 0 radical (unpaired) electrons. The van der Waals surface area contributed by atoms with Crippen molar-refractivity contribution in [1.82, 2.24) is 0 Å². The average Bonchev–Trinajstić information content (AvgIpc) is 3.12. The maximum absolute atomic E-state index is 6.86. The van der Waals surface area contributed by atoms with E-state index in [1.54, 1.807) is 5.57 Å². The molecule has 0 heterocycles. The van der Waals surface area contributed by atoms with Gasteiger partial charge in [0, 0.05) is 0 Å². The number of hydrogen-bond acceptors (Lipinski definition) is 1. The van der Waals surface area contributed by atoms with Crippen molar-refractivity contribution < 1.29 is 4.43 Å². The number of rotatable bonds is 5. The van der Waals surface area contributed by atoms with Crippen LogP contribution in [0.1, 0.15) is 86.5 Å². The Kier molecular flexibility index (Phi) is 6.76. The van der Waals surface area contributed by atoms with Gasteiger partial charge >= 0.3 is 0 Å². The SMILES string of the molecule is C[C@H](C[C@H]1C=C[C@@](C)(O[Si](C)(C)C(C)(C)C)C1)[C@H]1CCC2C(=CBr)CCC[C@]21C. The predicted molar refractivity (Wildman–Crippen MR) is 133 cm³/mol. The molecule has 0 aromatic heterocycles. The van der Waals surface area contributed by atoms with Gasteiger partial charge in [-0.25, -0.2) is 0 Å². The van der Waals surface area contributed by atoms with Crippen LogP contribution in [0.2, 0.25) is 18.1 Å². The molecule has 2 saturated carbocycles. The molecule has 3 rings (SSSR count). The van der Waals surface area contributed by atoms with Gasteiger partial charge in [-0.3, -0.25) is 0 Å². The van der Waals surface area contributed by atoms with Crippen LogP contribution in [0.3, 0.4) is 0 Å². The summed E-state index contributed by atoms with van der Waals surface area (Å²) in [5.74, 6) is 3.16. The lowest BCUT2D eigenvalue weighted by Crippen LogP contribution is -2.47. The summed E-state index contributed by atoms with van der Waals surface area (Å²) < 4.78 is 6.86. The van der Waals surface area contributed by atoms with Crippen molar-refractivity contribution >= 4 is 24.2 Å². The molecule has 6 atom stereocenters. The normalized spacial score (nSPS) is 40.4. The molecule has 0 saturated heterocycles. The van der Waals surface area contributed by atoms with E-state index in [1.165, 1.54) is 44.9 Å². The fourth-order valence-electron chi connectivity index (χ4n) is 6.76. The second kappa shape index (κ2) is 8.24. The van der Waals surface area contributed by atoms with Gasteiger partial charge in [0.1, 0.15) is 0 Å². The highest BCUT2D eigenvalue weighted by Gasteiger charge is 2.51. The van der Waals surface area contributed by atoms with Crippen LogP contribution in [0.15, 0.2) is 22.7 Å². The first kappa shape index (κ1) is 23.8. The van der Waals surface area contributed by atoms with Gasteiger partial charge in [0.05, 0.1) is 5.60 Å². The molecule has 0 bridgehead atoms. The van der Waals surface area contributed by atoms with Gasteiger partial charge in [0.2, 0.25) is 0 Å². The molecule has 0 aromatic carbocycles. The van der Waals surface area contributed by atoms with Crippen LogP contribution in [-0.4, -0.2) is 13.9 Å². The van der Waals surface area contributed by atoms with Crippen LogP contribution >= 0.6 is 15.9 Å². The molecule has 0 amide bonds. The lowest BCUT2D eigenvalue weighted by atomic mass is 9.61. The van der Waals surface area contributed by atoms with E-state index >= 15 is 0 Å². The summed E-state index contributed by atoms with van der Waals surface area (Å²) in [6.07, 6.45) is 14.3. The molecule has 0 spiro atoms. The molecule has 2 fully saturated rings. The van der Waals surface area contributed by atoms with Gasteiger partial charge in [-0.2, -0.15) is 0 Å². The highest BCUT2D eigenvalue weighted by molar-refractivity contribution is 9.11. The maximum atomic E-state index is 6.86. The average molecular weight is 482 g/mol. The van der Waals surface area contributed by atoms with E-state index in [2.05, 4.69) is 87.7 Å². The van der Waals surface area contributed by atoms with Crippen molar-refractivity contribution in [3.8, 4) is 0 Å². The molecule has 0 N–H and O–H groups in total. The van der Waals surface area contributed by atoms with Gasteiger partial charge in [-0.05, 0) is 104 Å². The minimum Gasteiger partial charge on any atom is -0.408 e. The van der Waals surface area contributed by atoms with Crippen molar-refractivity contribution in [2.45, 2.75) is 110 Å². The fourth-order valence-corrected chi connectivity index (χ4v) is 8.93. The van der Waals surface area contributed by atoms with Gasteiger partial charge in [-0.1, -0.05) is 68.3 Å². The van der Waals surface area contributed by atoms with E-state index in [4.69, 9.17) is 4.43 Å². The second-order valence-corrected chi connectivity index (χ2v) is 17.7. The summed E-state index contributed by atoms with van der Waals surface area (Å²) in [4.78, 5) is 2.26. The zero-order chi connectivity index (χ0) is 21.7. The van der Waals surface area contributed by atoms with E-state index in [1.807, 2.05) is 0 Å². The molecule has 3 heteroatoms. The van der Waals surface area contributed by atoms with Crippen LogP contribution < -0.4 is 0 Å². The third-order valence-electron chi connectivity index (χ3n) is 9.22. The summed E-state index contributed by atoms with van der Waals surface area (Å²) in [6, 6.07) is 0. The second-order valence-electron chi connectivity index (χ2n) is 12.5. The highest BCUT2D eigenvalue weighted by atomic mass is 79.9. The van der Waals surface area contributed by atoms with Gasteiger partial charge in [0.15, 0.2) is 8.32 Å². The van der Waals surface area contributed by atoms with Crippen molar-refractivity contribution in [2.75, 3.05) is 0 Å². The zero-order valence-electron chi connectivity index (χ0n) is 20.3. The zero-order valence-corrected chi connectivity index (χ0v) is 22.9. The van der Waals surface area contributed by atoms with Crippen LogP contribution in [0.5, 0.6) is 0 Å². The first-order chi connectivity index (χ1) is 13.3. The number of allylic oxidation sites excluding steroid dienone is 2. The number of fused-ring (bicyclic) bond motifs is 1. The maximum Gasteiger partial charge on any atom is 0.193 e. The van der Waals surface area contributed by atoms with E-state index in [0.29, 0.717) is 11.3 Å². The Morgan fingerprint density at radius 1 is 1.28 bits per heavy atom. The Bertz CT molecular complexity index is 660. The first-order valence-electron chi connectivity index (χ1n) is 12.0. The van der Waals surface area contributed by atoms with Crippen molar-refractivity contribution in [1.29, 1.82) is 0 Å². The molecular weight excluding hydrogens is 436 g/mol. The molecular formula is C26H45BrOSi. The Morgan fingerprint density at radius 3 is 2.59 bits per heavy atom. The topological polar surface area (TPSA) is 9.23 Å². The number of hydrogen-bond donors (Lipinski definition) is 0. The highest BCUT2D eigenvalue weighted by Crippen LogP contribution is 2.60. The van der Waals surface area contributed by atoms with E-state index in [-0.39, 0.29) is 10.6 Å². The Hall–Kier alpha value is 0.137. The van der Waals surface area contributed by atoms with Gasteiger partial charge < -0.3 is 4.43 Å². The quantitative estimate of drug-likeness (QED) is 0.281. The molecule has 1 unspecified atom stereocenters. The standard InChI is InChI=1S/C26H45BrOSi/c1-19(22-11-12-23-21(18-27)10-9-14-26(22,23)6)16-20-13-15-25(5,17-20)28-29(7,8)24(2,3)4/h13,15,18-20,22-23H,9-12,14,16-17H2,1-8H3/t19-,20-,22-,23?,25-,26+/m1/s1. The minimum atomic E-state index is -1.75. The van der Waals surface area contributed by atoms with Crippen LogP contribution in [0, 0.1) is 29.1 Å². The predicted octanol–water partition coefficient (Wildman–Crippen LogP) is 8.86. The Balaban J connectivity index is 1.63. The van der Waals surface area contributed by atoms with Crippen molar-refractivity contribution in [3.63, 3.8) is 0 Å². The smallest absolute Gasteiger partial charge is 0.193 e. The van der Waals surface area contributed by atoms with Crippen LogP contribution in [0.4, 0.5) is 0 Å². The molecule has 0 aromatic rings. The molecule has 3 aliphatic rings. The summed E-state index contributed by atoms with van der Waals surface area (Å²) in [7, 11) is -1.75. The third kappa shape index (κ3) is 4.67. The number of halogens is 1.